The van der Waals surface area contributed by atoms with Crippen molar-refractivity contribution in [2.24, 2.45) is 0 Å². The Kier molecular flexibility index (Phi) is 6.53. The first kappa shape index (κ1) is 21.3. The minimum Gasteiger partial charge on any atom is -0.353 e. The zero-order chi connectivity index (χ0) is 21.0. The van der Waals surface area contributed by atoms with E-state index in [0.29, 0.717) is 5.69 Å². The monoisotopic (exact) mass is 422 g/mol. The maximum absolute atomic E-state index is 13.1. The van der Waals surface area contributed by atoms with E-state index in [1.807, 2.05) is 0 Å². The molecule has 3 rings (SSSR count). The van der Waals surface area contributed by atoms with Crippen molar-refractivity contribution in [1.29, 1.82) is 0 Å². The summed E-state index contributed by atoms with van der Waals surface area (Å²) in [4.78, 5) is 35.9. The van der Waals surface area contributed by atoms with Gasteiger partial charge in [0.05, 0.1) is 11.3 Å². The average molecular weight is 423 g/mol. The zero-order valence-electron chi connectivity index (χ0n) is 16.3. The molecule has 1 aliphatic heterocycles. The van der Waals surface area contributed by atoms with Gasteiger partial charge in [0.25, 0.3) is 0 Å². The number of benzene rings is 1. The van der Waals surface area contributed by atoms with Gasteiger partial charge >= 0.3 is 0 Å². The molecule has 10 heteroatoms. The van der Waals surface area contributed by atoms with Gasteiger partial charge in [0.2, 0.25) is 27.7 Å². The summed E-state index contributed by atoms with van der Waals surface area (Å²) in [6.07, 6.45) is 3.72. The van der Waals surface area contributed by atoms with Gasteiger partial charge in [-0.3, -0.25) is 14.4 Å². The van der Waals surface area contributed by atoms with Gasteiger partial charge in [-0.15, -0.1) is 0 Å². The molecule has 0 spiro atoms. The lowest BCUT2D eigenvalue weighted by Crippen LogP contribution is -2.58. The third kappa shape index (κ3) is 5.13. The molecule has 1 aromatic carbocycles. The average Bonchev–Trinajstić information content (AvgIpc) is 3.16. The van der Waals surface area contributed by atoms with E-state index in [2.05, 4.69) is 16.0 Å². The normalized spacial score (nSPS) is 20.9. The van der Waals surface area contributed by atoms with E-state index in [-0.39, 0.29) is 42.3 Å². The van der Waals surface area contributed by atoms with Crippen LogP contribution < -0.4 is 16.0 Å². The molecule has 0 bridgehead atoms. The summed E-state index contributed by atoms with van der Waals surface area (Å²) in [5.74, 6) is -1.06. The van der Waals surface area contributed by atoms with E-state index in [0.717, 1.165) is 30.0 Å². The number of hydrogen-bond donors (Lipinski definition) is 3. The zero-order valence-corrected chi connectivity index (χ0v) is 17.1. The van der Waals surface area contributed by atoms with Crippen LogP contribution in [0.5, 0.6) is 0 Å². The molecule has 1 aliphatic carbocycles. The lowest BCUT2D eigenvalue weighted by Gasteiger charge is -2.34. The van der Waals surface area contributed by atoms with Gasteiger partial charge in [0.1, 0.15) is 6.04 Å². The topological polar surface area (TPSA) is 125 Å². The highest BCUT2D eigenvalue weighted by atomic mass is 32.2. The first-order valence-corrected chi connectivity index (χ1v) is 11.2. The van der Waals surface area contributed by atoms with Gasteiger partial charge in [0.15, 0.2) is 0 Å². The summed E-state index contributed by atoms with van der Waals surface area (Å²) in [5, 5.41) is 8.12. The summed E-state index contributed by atoms with van der Waals surface area (Å²) in [7, 11) is -3.98. The second kappa shape index (κ2) is 8.91. The van der Waals surface area contributed by atoms with Crippen LogP contribution in [0.1, 0.15) is 39.0 Å². The molecule has 1 saturated heterocycles. The molecule has 9 nitrogen and oxygen atoms in total. The number of anilines is 1. The molecule has 0 unspecified atom stereocenters. The molecule has 1 aromatic rings. The number of nitrogens with one attached hydrogen (secondary N) is 3. The molecular formula is C19H26N4O5S. The van der Waals surface area contributed by atoms with Crippen LogP contribution in [-0.2, 0) is 24.4 Å². The van der Waals surface area contributed by atoms with E-state index >= 15 is 0 Å². The van der Waals surface area contributed by atoms with Crippen molar-refractivity contribution in [3.63, 3.8) is 0 Å². The Morgan fingerprint density at radius 3 is 2.45 bits per heavy atom. The van der Waals surface area contributed by atoms with Gasteiger partial charge in [-0.05, 0) is 37.1 Å². The molecule has 29 heavy (non-hydrogen) atoms. The number of rotatable bonds is 6. The first-order valence-electron chi connectivity index (χ1n) is 9.74. The molecule has 1 saturated carbocycles. The molecule has 158 valence electrons. The Morgan fingerprint density at radius 2 is 1.83 bits per heavy atom. The van der Waals surface area contributed by atoms with Crippen molar-refractivity contribution in [3.8, 4) is 0 Å². The Hall–Kier alpha value is -2.46. The molecule has 2 aliphatic rings. The Morgan fingerprint density at radius 1 is 1.17 bits per heavy atom. The van der Waals surface area contributed by atoms with E-state index in [1.54, 1.807) is 0 Å². The number of carbonyl (C=O) groups is 3. The standard InChI is InChI=1S/C19H26N4O5S/c1-13(24)21-15-6-8-16(9-7-15)29(27,28)23-11-10-20-19(26)17(23)12-18(25)22-14-4-2-3-5-14/h6-9,14,17H,2-5,10-12H2,1H3,(H,20,26)(H,21,24)(H,22,25)/t17-/m0/s1. The molecule has 1 heterocycles. The van der Waals surface area contributed by atoms with Gasteiger partial charge < -0.3 is 16.0 Å². The predicted octanol–water partition coefficient (Wildman–Crippen LogP) is 0.583. The lowest BCUT2D eigenvalue weighted by molar-refractivity contribution is -0.131. The van der Waals surface area contributed by atoms with Crippen LogP contribution in [0.4, 0.5) is 5.69 Å². The number of sulfonamides is 1. The molecule has 1 atom stereocenters. The number of carbonyl (C=O) groups excluding carboxylic acids is 3. The van der Waals surface area contributed by atoms with Crippen molar-refractivity contribution in [1.82, 2.24) is 14.9 Å². The van der Waals surface area contributed by atoms with Gasteiger partial charge in [-0.2, -0.15) is 4.31 Å². The van der Waals surface area contributed by atoms with Crippen molar-refractivity contribution in [2.75, 3.05) is 18.4 Å². The maximum atomic E-state index is 13.1. The number of nitrogens with zero attached hydrogens (tertiary/aromatic N) is 1. The van der Waals surface area contributed by atoms with Crippen LogP contribution in [0.25, 0.3) is 0 Å². The van der Waals surface area contributed by atoms with Crippen LogP contribution in [0.3, 0.4) is 0 Å². The van der Waals surface area contributed by atoms with Gasteiger partial charge in [-0.25, -0.2) is 8.42 Å². The van der Waals surface area contributed by atoms with E-state index in [4.69, 9.17) is 0 Å². The minimum absolute atomic E-state index is 0.00232. The highest BCUT2D eigenvalue weighted by Crippen LogP contribution is 2.24. The fourth-order valence-corrected chi connectivity index (χ4v) is 5.34. The van der Waals surface area contributed by atoms with Crippen molar-refractivity contribution < 1.29 is 22.8 Å². The number of piperazine rings is 1. The summed E-state index contributed by atoms with van der Waals surface area (Å²) < 4.78 is 27.3. The van der Waals surface area contributed by atoms with Crippen LogP contribution in [0.15, 0.2) is 29.2 Å². The van der Waals surface area contributed by atoms with Crippen LogP contribution in [0, 0.1) is 0 Å². The van der Waals surface area contributed by atoms with Crippen LogP contribution >= 0.6 is 0 Å². The van der Waals surface area contributed by atoms with Crippen molar-refractivity contribution in [3.05, 3.63) is 24.3 Å². The molecule has 0 aromatic heterocycles. The Bertz CT molecular complexity index is 878. The third-order valence-corrected chi connectivity index (χ3v) is 7.08. The summed E-state index contributed by atoms with van der Waals surface area (Å²) >= 11 is 0. The first-order chi connectivity index (χ1) is 13.8. The van der Waals surface area contributed by atoms with Gasteiger partial charge in [0, 0.05) is 31.7 Å². The predicted molar refractivity (Wildman–Crippen MR) is 106 cm³/mol. The highest BCUT2D eigenvalue weighted by Gasteiger charge is 2.39. The van der Waals surface area contributed by atoms with Crippen molar-refractivity contribution >= 4 is 33.4 Å². The third-order valence-electron chi connectivity index (χ3n) is 5.16. The summed E-state index contributed by atoms with van der Waals surface area (Å²) in [5.41, 5.74) is 0.473. The molecule has 3 amide bonds. The molecular weight excluding hydrogens is 396 g/mol. The fourth-order valence-electron chi connectivity index (χ4n) is 3.76. The smallest absolute Gasteiger partial charge is 0.243 e. The largest absolute Gasteiger partial charge is 0.353 e. The van der Waals surface area contributed by atoms with Gasteiger partial charge in [-0.1, -0.05) is 12.8 Å². The minimum atomic E-state index is -3.98. The van der Waals surface area contributed by atoms with E-state index in [9.17, 15) is 22.8 Å². The van der Waals surface area contributed by atoms with E-state index < -0.39 is 22.0 Å². The second-order valence-corrected chi connectivity index (χ2v) is 9.27. The molecule has 2 fully saturated rings. The molecule has 3 N–H and O–H groups in total. The highest BCUT2D eigenvalue weighted by molar-refractivity contribution is 7.89. The van der Waals surface area contributed by atoms with Crippen LogP contribution in [-0.4, -0.2) is 55.6 Å². The summed E-state index contributed by atoms with van der Waals surface area (Å²) in [6.45, 7) is 1.63. The van der Waals surface area contributed by atoms with Crippen LogP contribution in [0.2, 0.25) is 0 Å². The molecule has 0 radical (unpaired) electrons. The van der Waals surface area contributed by atoms with Crippen molar-refractivity contribution in [2.45, 2.75) is 56.0 Å². The maximum Gasteiger partial charge on any atom is 0.243 e. The quantitative estimate of drug-likeness (QED) is 0.619. The number of amides is 3. The second-order valence-electron chi connectivity index (χ2n) is 7.38. The number of hydrogen-bond acceptors (Lipinski definition) is 5. The van der Waals surface area contributed by atoms with E-state index in [1.165, 1.54) is 31.2 Å². The fraction of sp³-hybridized carbons (Fsp3) is 0.526. The SMILES string of the molecule is CC(=O)Nc1ccc(S(=O)(=O)N2CCNC(=O)[C@@H]2CC(=O)NC2CCCC2)cc1. The lowest BCUT2D eigenvalue weighted by atomic mass is 10.1. The summed E-state index contributed by atoms with van der Waals surface area (Å²) in [6, 6.07) is 4.73. The Balaban J connectivity index is 1.76. The Labute approximate surface area is 170 Å².